The largest absolute Gasteiger partial charge is 0.347 e. The van der Waals surface area contributed by atoms with Crippen molar-refractivity contribution in [2.45, 2.75) is 33.2 Å². The van der Waals surface area contributed by atoms with E-state index < -0.39 is 0 Å². The van der Waals surface area contributed by atoms with Gasteiger partial charge in [0.15, 0.2) is 0 Å². The molecule has 0 saturated carbocycles. The van der Waals surface area contributed by atoms with Crippen LogP contribution in [0.25, 0.3) is 0 Å². The normalized spacial score (nSPS) is 10.8. The summed E-state index contributed by atoms with van der Waals surface area (Å²) in [5.41, 5.74) is 3.30. The molecule has 1 amide bonds. The Morgan fingerprint density at radius 3 is 2.52 bits per heavy atom. The van der Waals surface area contributed by atoms with Gasteiger partial charge in [-0.1, -0.05) is 26.0 Å². The van der Waals surface area contributed by atoms with Gasteiger partial charge in [0.05, 0.1) is 17.7 Å². The molecular weight excluding hydrogens is 284 g/mol. The van der Waals surface area contributed by atoms with Gasteiger partial charge in [0.2, 0.25) is 5.91 Å². The Morgan fingerprint density at radius 1 is 1.38 bits per heavy atom. The summed E-state index contributed by atoms with van der Waals surface area (Å²) in [4.78, 5) is 11.2. The van der Waals surface area contributed by atoms with Crippen LogP contribution in [0.2, 0.25) is 0 Å². The van der Waals surface area contributed by atoms with E-state index in [1.807, 2.05) is 26.0 Å². The molecular formula is C15H18N4OS. The van der Waals surface area contributed by atoms with Crippen LogP contribution in [-0.4, -0.2) is 16.1 Å². The van der Waals surface area contributed by atoms with Crippen molar-refractivity contribution in [2.24, 2.45) is 0 Å². The van der Waals surface area contributed by atoms with Crippen molar-refractivity contribution in [1.82, 2.24) is 15.5 Å². The quantitative estimate of drug-likeness (QED) is 0.942. The van der Waals surface area contributed by atoms with Crippen LogP contribution >= 0.6 is 11.3 Å². The third-order valence-corrected chi connectivity index (χ3v) is 3.38. The average Bonchev–Trinajstić information content (AvgIpc) is 3.03. The first-order valence-corrected chi connectivity index (χ1v) is 7.59. The van der Waals surface area contributed by atoms with E-state index in [4.69, 9.17) is 5.26 Å². The van der Waals surface area contributed by atoms with Gasteiger partial charge >= 0.3 is 0 Å². The summed E-state index contributed by atoms with van der Waals surface area (Å²) in [6, 6.07) is 9.19. The molecule has 0 aliphatic rings. The molecule has 110 valence electrons. The van der Waals surface area contributed by atoms with Crippen LogP contribution in [0.3, 0.4) is 0 Å². The van der Waals surface area contributed by atoms with Gasteiger partial charge in [-0.05, 0) is 24.1 Å². The fraction of sp³-hybridized carbons (Fsp3) is 0.333. The van der Waals surface area contributed by atoms with Gasteiger partial charge in [-0.3, -0.25) is 4.79 Å². The maximum absolute atomic E-state index is 11.2. The van der Waals surface area contributed by atoms with Gasteiger partial charge in [0, 0.05) is 6.92 Å². The van der Waals surface area contributed by atoms with E-state index >= 15 is 0 Å². The van der Waals surface area contributed by atoms with E-state index in [0.29, 0.717) is 12.0 Å². The first-order chi connectivity index (χ1) is 10.2. The minimum absolute atomic E-state index is 0.103. The Labute approximate surface area is 128 Å². The topological polar surface area (TPSA) is 78.7 Å². The number of nitriles is 1. The zero-order valence-electron chi connectivity index (χ0n) is 12.3. The fourth-order valence-electron chi connectivity index (χ4n) is 1.73. The smallest absolute Gasteiger partial charge is 0.217 e. The molecule has 6 heteroatoms. The van der Waals surface area contributed by atoms with Crippen molar-refractivity contribution >= 4 is 17.2 Å². The molecule has 0 saturated heterocycles. The second-order valence-electron chi connectivity index (χ2n) is 4.04. The number of hydrogen-bond acceptors (Lipinski definition) is 5. The predicted octanol–water partition coefficient (Wildman–Crippen LogP) is 2.86. The van der Waals surface area contributed by atoms with Crippen LogP contribution in [0.15, 0.2) is 29.8 Å². The van der Waals surface area contributed by atoms with E-state index in [-0.39, 0.29) is 11.9 Å². The van der Waals surface area contributed by atoms with Crippen LogP contribution in [0.5, 0.6) is 0 Å². The molecule has 1 aromatic carbocycles. The maximum Gasteiger partial charge on any atom is 0.217 e. The number of amides is 1. The number of carbonyl (C=O) groups excluding carboxylic acids is 1. The molecule has 1 aromatic heterocycles. The molecule has 0 bridgehead atoms. The maximum atomic E-state index is 11.2. The van der Waals surface area contributed by atoms with Gasteiger partial charge in [-0.15, -0.1) is 21.5 Å². The number of rotatable bonds is 4. The van der Waals surface area contributed by atoms with Crippen molar-refractivity contribution in [2.75, 3.05) is 0 Å². The summed E-state index contributed by atoms with van der Waals surface area (Å²) in [6.07, 6.45) is 0.625. The molecule has 0 spiro atoms. The van der Waals surface area contributed by atoms with Gasteiger partial charge in [-0.2, -0.15) is 5.26 Å². The molecule has 1 unspecified atom stereocenters. The summed E-state index contributed by atoms with van der Waals surface area (Å²) < 4.78 is 0. The molecule has 1 heterocycles. The average molecular weight is 302 g/mol. The zero-order chi connectivity index (χ0) is 15.7. The van der Waals surface area contributed by atoms with Crippen molar-refractivity contribution in [1.29, 1.82) is 5.26 Å². The SMILES string of the molecule is CC.CC(=O)NC(Cc1ccc(C#N)cc1)c1nncs1. The Hall–Kier alpha value is -2.26. The highest BCUT2D eigenvalue weighted by Crippen LogP contribution is 2.19. The number of carbonyl (C=O) groups is 1. The Bertz CT molecular complexity index is 587. The van der Waals surface area contributed by atoms with Crippen LogP contribution < -0.4 is 5.32 Å². The molecule has 0 aliphatic carbocycles. The van der Waals surface area contributed by atoms with Crippen LogP contribution in [0, 0.1) is 11.3 Å². The van der Waals surface area contributed by atoms with E-state index in [9.17, 15) is 4.79 Å². The molecule has 0 fully saturated rings. The Kier molecular flexibility index (Phi) is 7.05. The van der Waals surface area contributed by atoms with Crippen LogP contribution in [0.4, 0.5) is 0 Å². The molecule has 5 nitrogen and oxygen atoms in total. The summed E-state index contributed by atoms with van der Waals surface area (Å²) in [7, 11) is 0. The fourth-order valence-corrected chi connectivity index (χ4v) is 2.33. The molecule has 0 aliphatic heterocycles. The number of nitrogens with zero attached hydrogens (tertiary/aromatic N) is 3. The van der Waals surface area contributed by atoms with E-state index in [2.05, 4.69) is 21.6 Å². The molecule has 1 N–H and O–H groups in total. The number of benzene rings is 1. The lowest BCUT2D eigenvalue weighted by Gasteiger charge is -2.14. The van der Waals surface area contributed by atoms with E-state index in [0.717, 1.165) is 10.6 Å². The first-order valence-electron chi connectivity index (χ1n) is 6.71. The molecule has 1 atom stereocenters. The highest BCUT2D eigenvalue weighted by Gasteiger charge is 2.16. The lowest BCUT2D eigenvalue weighted by Crippen LogP contribution is -2.27. The van der Waals surface area contributed by atoms with Crippen LogP contribution in [0.1, 0.15) is 42.9 Å². The second kappa shape index (κ2) is 8.82. The first kappa shape index (κ1) is 16.8. The third-order valence-electron chi connectivity index (χ3n) is 2.58. The molecule has 2 aromatic rings. The van der Waals surface area contributed by atoms with Crippen molar-refractivity contribution < 1.29 is 4.79 Å². The summed E-state index contributed by atoms with van der Waals surface area (Å²) in [5.74, 6) is -0.103. The number of hydrogen-bond donors (Lipinski definition) is 1. The summed E-state index contributed by atoms with van der Waals surface area (Å²) >= 11 is 1.41. The molecule has 2 rings (SSSR count). The highest BCUT2D eigenvalue weighted by molar-refractivity contribution is 7.09. The Morgan fingerprint density at radius 2 is 2.05 bits per heavy atom. The lowest BCUT2D eigenvalue weighted by molar-refractivity contribution is -0.119. The van der Waals surface area contributed by atoms with Gasteiger partial charge in [-0.25, -0.2) is 0 Å². The number of nitrogens with one attached hydrogen (secondary N) is 1. The standard InChI is InChI=1S/C13H12N4OS.C2H6/c1-9(18)16-12(13-17-15-8-19-13)6-10-2-4-11(7-14)5-3-10;1-2/h2-5,8,12H,6H2,1H3,(H,16,18);1-2H3. The van der Waals surface area contributed by atoms with Gasteiger partial charge < -0.3 is 5.32 Å². The highest BCUT2D eigenvalue weighted by atomic mass is 32.1. The van der Waals surface area contributed by atoms with Crippen molar-refractivity contribution in [3.8, 4) is 6.07 Å². The minimum atomic E-state index is -0.182. The number of aromatic nitrogens is 2. The summed E-state index contributed by atoms with van der Waals surface area (Å²) in [6.45, 7) is 5.48. The predicted molar refractivity (Wildman–Crippen MR) is 82.7 cm³/mol. The van der Waals surface area contributed by atoms with Crippen LogP contribution in [-0.2, 0) is 11.2 Å². The second-order valence-corrected chi connectivity index (χ2v) is 4.91. The van der Waals surface area contributed by atoms with Crippen molar-refractivity contribution in [3.05, 3.63) is 45.9 Å². The summed E-state index contributed by atoms with van der Waals surface area (Å²) in [5, 5.41) is 20.2. The minimum Gasteiger partial charge on any atom is -0.347 e. The van der Waals surface area contributed by atoms with E-state index in [1.165, 1.54) is 18.3 Å². The lowest BCUT2D eigenvalue weighted by atomic mass is 10.0. The van der Waals surface area contributed by atoms with E-state index in [1.54, 1.807) is 17.6 Å². The Balaban J connectivity index is 0.00000106. The molecule has 0 radical (unpaired) electrons. The zero-order valence-corrected chi connectivity index (χ0v) is 13.1. The van der Waals surface area contributed by atoms with Gasteiger partial charge in [0.1, 0.15) is 10.5 Å². The molecule has 21 heavy (non-hydrogen) atoms. The van der Waals surface area contributed by atoms with Gasteiger partial charge in [0.25, 0.3) is 0 Å². The third kappa shape index (κ3) is 5.32. The monoisotopic (exact) mass is 302 g/mol. The van der Waals surface area contributed by atoms with Crippen molar-refractivity contribution in [3.63, 3.8) is 0 Å².